The van der Waals surface area contributed by atoms with Gasteiger partial charge in [0.15, 0.2) is 5.78 Å². The molecule has 0 N–H and O–H groups in total. The molecule has 0 saturated carbocycles. The Bertz CT molecular complexity index is 487. The molecule has 3 aliphatic rings. The van der Waals surface area contributed by atoms with Gasteiger partial charge >= 0.3 is 0 Å². The molecule has 0 aromatic heterocycles. The maximum atomic E-state index is 12.1. The van der Waals surface area contributed by atoms with Crippen molar-refractivity contribution in [2.24, 2.45) is 5.92 Å². The van der Waals surface area contributed by atoms with E-state index in [9.17, 15) is 4.79 Å². The van der Waals surface area contributed by atoms with Gasteiger partial charge in [0.25, 0.3) is 0 Å². The normalized spacial score (nSPS) is 22.5. The van der Waals surface area contributed by atoms with Crippen LogP contribution in [0.4, 0.5) is 0 Å². The average Bonchev–Trinajstić information content (AvgIpc) is 2.36. The second-order valence-electron chi connectivity index (χ2n) is 4.68. The third kappa shape index (κ3) is 1.87. The third-order valence-corrected chi connectivity index (χ3v) is 4.00. The minimum Gasteiger partial charge on any atom is -0.369 e. The lowest BCUT2D eigenvalue weighted by molar-refractivity contribution is -0.125. The van der Waals surface area contributed by atoms with E-state index in [1.807, 2.05) is 30.3 Å². The summed E-state index contributed by atoms with van der Waals surface area (Å²) in [7, 11) is 0. The summed E-state index contributed by atoms with van der Waals surface area (Å²) in [6.45, 7) is 2.01. The van der Waals surface area contributed by atoms with Crippen molar-refractivity contribution in [2.45, 2.75) is 12.8 Å². The highest BCUT2D eigenvalue weighted by molar-refractivity contribution is 6.32. The lowest BCUT2D eigenvalue weighted by Crippen LogP contribution is -2.45. The van der Waals surface area contributed by atoms with E-state index in [4.69, 9.17) is 11.6 Å². The van der Waals surface area contributed by atoms with Gasteiger partial charge in [-0.15, -0.1) is 0 Å². The number of rotatable bonds is 1. The smallest absolute Gasteiger partial charge is 0.182 e. The SMILES string of the molecule is O=C1/C(=C/c2ccccc2Cl)N2CCC1CC2. The highest BCUT2D eigenvalue weighted by Crippen LogP contribution is 2.33. The van der Waals surface area contributed by atoms with Crippen LogP contribution in [0, 0.1) is 5.92 Å². The van der Waals surface area contributed by atoms with Crippen LogP contribution in [-0.4, -0.2) is 23.8 Å². The number of allylic oxidation sites excluding steroid dienone is 1. The highest BCUT2D eigenvalue weighted by atomic mass is 35.5. The first-order valence-electron chi connectivity index (χ1n) is 6.01. The molecule has 1 aromatic rings. The van der Waals surface area contributed by atoms with E-state index in [-0.39, 0.29) is 5.92 Å². The van der Waals surface area contributed by atoms with Gasteiger partial charge in [-0.1, -0.05) is 29.8 Å². The zero-order valence-corrected chi connectivity index (χ0v) is 10.3. The fourth-order valence-electron chi connectivity index (χ4n) is 2.65. The van der Waals surface area contributed by atoms with E-state index >= 15 is 0 Å². The van der Waals surface area contributed by atoms with Gasteiger partial charge in [-0.2, -0.15) is 0 Å². The van der Waals surface area contributed by atoms with Crippen LogP contribution in [0.1, 0.15) is 18.4 Å². The Balaban J connectivity index is 1.99. The fraction of sp³-hybridized carbons (Fsp3) is 0.357. The minimum absolute atomic E-state index is 0.244. The van der Waals surface area contributed by atoms with E-state index in [2.05, 4.69) is 4.90 Å². The summed E-state index contributed by atoms with van der Waals surface area (Å²) in [4.78, 5) is 14.3. The third-order valence-electron chi connectivity index (χ3n) is 3.66. The molecule has 0 radical (unpaired) electrons. The van der Waals surface area contributed by atoms with E-state index in [1.165, 1.54) is 0 Å². The zero-order valence-electron chi connectivity index (χ0n) is 9.53. The Morgan fingerprint density at radius 3 is 2.59 bits per heavy atom. The summed E-state index contributed by atoms with van der Waals surface area (Å²) >= 11 is 6.12. The molecule has 0 amide bonds. The summed E-state index contributed by atoms with van der Waals surface area (Å²) in [6, 6.07) is 7.65. The number of nitrogens with zero attached hydrogens (tertiary/aromatic N) is 1. The van der Waals surface area contributed by atoms with Crippen LogP contribution in [0.5, 0.6) is 0 Å². The van der Waals surface area contributed by atoms with Gasteiger partial charge < -0.3 is 4.90 Å². The van der Waals surface area contributed by atoms with Crippen molar-refractivity contribution >= 4 is 23.5 Å². The quantitative estimate of drug-likeness (QED) is 0.711. The number of halogens is 1. The van der Waals surface area contributed by atoms with Crippen LogP contribution < -0.4 is 0 Å². The molecule has 3 saturated heterocycles. The van der Waals surface area contributed by atoms with Crippen molar-refractivity contribution in [3.8, 4) is 0 Å². The second kappa shape index (κ2) is 4.19. The van der Waals surface area contributed by atoms with Crippen molar-refractivity contribution in [3.05, 3.63) is 40.5 Å². The van der Waals surface area contributed by atoms with Gasteiger partial charge in [-0.05, 0) is 30.5 Å². The van der Waals surface area contributed by atoms with Gasteiger partial charge in [-0.25, -0.2) is 0 Å². The largest absolute Gasteiger partial charge is 0.369 e. The van der Waals surface area contributed by atoms with Crippen molar-refractivity contribution in [1.29, 1.82) is 0 Å². The maximum Gasteiger partial charge on any atom is 0.182 e. The number of fused-ring (bicyclic) bond motifs is 3. The predicted molar refractivity (Wildman–Crippen MR) is 68.7 cm³/mol. The molecule has 0 unspecified atom stereocenters. The first-order valence-corrected chi connectivity index (χ1v) is 6.39. The zero-order chi connectivity index (χ0) is 11.8. The number of piperidine rings is 3. The van der Waals surface area contributed by atoms with E-state index in [1.54, 1.807) is 0 Å². The van der Waals surface area contributed by atoms with Crippen LogP contribution in [0.3, 0.4) is 0 Å². The van der Waals surface area contributed by atoms with Gasteiger partial charge in [-0.3, -0.25) is 4.79 Å². The monoisotopic (exact) mass is 247 g/mol. The molecule has 3 fully saturated rings. The molecule has 88 valence electrons. The summed E-state index contributed by atoms with van der Waals surface area (Å²) in [6.07, 6.45) is 3.97. The van der Waals surface area contributed by atoms with E-state index < -0.39 is 0 Å². The van der Waals surface area contributed by atoms with Gasteiger partial charge in [0.2, 0.25) is 0 Å². The Hall–Kier alpha value is -1.28. The number of hydrogen-bond donors (Lipinski definition) is 0. The van der Waals surface area contributed by atoms with Crippen LogP contribution in [-0.2, 0) is 4.79 Å². The predicted octanol–water partition coefficient (Wildman–Crippen LogP) is 2.98. The summed E-state index contributed by atoms with van der Waals surface area (Å²) in [5.41, 5.74) is 1.78. The first-order chi connectivity index (χ1) is 8.25. The number of Topliss-reactive ketones (excluding diaryl/α,β-unsaturated/α-hetero) is 1. The van der Waals surface area contributed by atoms with Gasteiger partial charge in [0.05, 0.1) is 5.70 Å². The molecular formula is C14H14ClNO. The van der Waals surface area contributed by atoms with Crippen LogP contribution >= 0.6 is 11.6 Å². The van der Waals surface area contributed by atoms with Crippen molar-refractivity contribution < 1.29 is 4.79 Å². The first kappa shape index (κ1) is 10.8. The molecule has 17 heavy (non-hydrogen) atoms. The minimum atomic E-state index is 0.244. The standard InChI is InChI=1S/C14H14ClNO/c15-12-4-2-1-3-11(12)9-13-14(17)10-5-7-16(13)8-6-10/h1-4,9-10H,5-8H2/b13-9-. The molecule has 0 aliphatic carbocycles. The number of carbonyl (C=O) groups is 1. The van der Waals surface area contributed by atoms with Crippen molar-refractivity contribution in [2.75, 3.05) is 13.1 Å². The fourth-order valence-corrected chi connectivity index (χ4v) is 2.84. The molecule has 4 rings (SSSR count). The average molecular weight is 248 g/mol. The number of ketones is 1. The Morgan fingerprint density at radius 2 is 1.94 bits per heavy atom. The summed E-state index contributed by atoms with van der Waals surface area (Å²) < 4.78 is 0. The molecule has 1 aromatic carbocycles. The van der Waals surface area contributed by atoms with Crippen LogP contribution in [0.15, 0.2) is 30.0 Å². The summed E-state index contributed by atoms with van der Waals surface area (Å²) in [5.74, 6) is 0.538. The lowest BCUT2D eigenvalue weighted by Gasteiger charge is -2.41. The topological polar surface area (TPSA) is 20.3 Å². The molecule has 2 bridgehead atoms. The second-order valence-corrected chi connectivity index (χ2v) is 5.08. The van der Waals surface area contributed by atoms with Crippen LogP contribution in [0.25, 0.3) is 6.08 Å². The number of hydrogen-bond acceptors (Lipinski definition) is 2. The Kier molecular flexibility index (Phi) is 2.67. The number of carbonyl (C=O) groups excluding carboxylic acids is 1. The molecular weight excluding hydrogens is 234 g/mol. The van der Waals surface area contributed by atoms with Gasteiger partial charge in [0, 0.05) is 24.0 Å². The molecule has 0 atom stereocenters. The Labute approximate surface area is 106 Å². The van der Waals surface area contributed by atoms with Crippen molar-refractivity contribution in [1.82, 2.24) is 4.90 Å². The highest BCUT2D eigenvalue weighted by Gasteiger charge is 2.36. The molecule has 3 aliphatic heterocycles. The number of benzene rings is 1. The Morgan fingerprint density at radius 1 is 1.24 bits per heavy atom. The van der Waals surface area contributed by atoms with Gasteiger partial charge in [0.1, 0.15) is 0 Å². The molecule has 3 heterocycles. The molecule has 2 nitrogen and oxygen atoms in total. The maximum absolute atomic E-state index is 12.1. The van der Waals surface area contributed by atoms with Crippen molar-refractivity contribution in [3.63, 3.8) is 0 Å². The molecule has 3 heteroatoms. The van der Waals surface area contributed by atoms with Crippen LogP contribution in [0.2, 0.25) is 5.02 Å². The summed E-state index contributed by atoms with van der Waals surface area (Å²) in [5, 5.41) is 0.704. The van der Waals surface area contributed by atoms with E-state index in [0.29, 0.717) is 10.8 Å². The van der Waals surface area contributed by atoms with E-state index in [0.717, 1.165) is 37.2 Å². The molecule has 0 spiro atoms. The lowest BCUT2D eigenvalue weighted by atomic mass is 9.84.